The predicted molar refractivity (Wildman–Crippen MR) is 52.9 cm³/mol. The smallest absolute Gasteiger partial charge is 0.0989 e. The first-order valence-electron chi connectivity index (χ1n) is 5.68. The van der Waals surface area contributed by atoms with Crippen molar-refractivity contribution in [3.05, 3.63) is 0 Å². The molecule has 1 heterocycles. The monoisotopic (exact) mass is 178 g/mol. The van der Waals surface area contributed by atoms with Gasteiger partial charge >= 0.3 is 0 Å². The van der Waals surface area contributed by atoms with E-state index in [1.807, 2.05) is 0 Å². The molecule has 3 fully saturated rings. The van der Waals surface area contributed by atoms with E-state index in [4.69, 9.17) is 5.41 Å². The largest absolute Gasteiger partial charge is 0.360 e. The fraction of sp³-hybridized carbons (Fsp3) is 0.909. The van der Waals surface area contributed by atoms with Gasteiger partial charge in [-0.05, 0) is 43.9 Å². The molecular formula is C11H18N2. The summed E-state index contributed by atoms with van der Waals surface area (Å²) in [6.45, 7) is 2.39. The van der Waals surface area contributed by atoms with Gasteiger partial charge in [0.15, 0.2) is 0 Å². The van der Waals surface area contributed by atoms with E-state index in [-0.39, 0.29) is 0 Å². The minimum Gasteiger partial charge on any atom is -0.360 e. The second-order valence-electron chi connectivity index (χ2n) is 4.99. The van der Waals surface area contributed by atoms with Gasteiger partial charge in [-0.3, -0.25) is 5.41 Å². The normalized spacial score (nSPS) is 33.8. The highest BCUT2D eigenvalue weighted by Gasteiger charge is 2.39. The molecule has 3 aliphatic rings. The molecule has 2 heteroatoms. The van der Waals surface area contributed by atoms with Crippen LogP contribution in [0.15, 0.2) is 0 Å². The maximum atomic E-state index is 7.98. The van der Waals surface area contributed by atoms with Crippen molar-refractivity contribution in [1.82, 2.24) is 4.90 Å². The molecule has 1 saturated heterocycles. The summed E-state index contributed by atoms with van der Waals surface area (Å²) in [4.78, 5) is 2.35. The minimum absolute atomic E-state index is 0.651. The van der Waals surface area contributed by atoms with Crippen molar-refractivity contribution in [3.63, 3.8) is 0 Å². The van der Waals surface area contributed by atoms with Crippen molar-refractivity contribution in [2.75, 3.05) is 13.1 Å². The van der Waals surface area contributed by atoms with E-state index in [9.17, 15) is 0 Å². The van der Waals surface area contributed by atoms with Gasteiger partial charge in [0.2, 0.25) is 0 Å². The standard InChI is InChI=1S/C11H18N2/c12-11(9-3-4-9)13-6-5-10(7-13)8-1-2-8/h8-10,12H,1-7H2. The molecule has 3 rings (SSSR count). The first-order chi connectivity index (χ1) is 6.34. The molecule has 1 aliphatic heterocycles. The van der Waals surface area contributed by atoms with Gasteiger partial charge in [0.25, 0.3) is 0 Å². The summed E-state index contributed by atoms with van der Waals surface area (Å²) in [6.07, 6.45) is 6.86. The Hall–Kier alpha value is -0.530. The van der Waals surface area contributed by atoms with Crippen LogP contribution in [0.25, 0.3) is 0 Å². The van der Waals surface area contributed by atoms with Gasteiger partial charge in [-0.1, -0.05) is 0 Å². The molecule has 2 aliphatic carbocycles. The van der Waals surface area contributed by atoms with Crippen LogP contribution in [0.5, 0.6) is 0 Å². The third kappa shape index (κ3) is 1.47. The van der Waals surface area contributed by atoms with Crippen molar-refractivity contribution in [3.8, 4) is 0 Å². The second-order valence-corrected chi connectivity index (χ2v) is 4.99. The van der Waals surface area contributed by atoms with Gasteiger partial charge in [-0.15, -0.1) is 0 Å². The summed E-state index contributed by atoms with van der Waals surface area (Å²) in [5, 5.41) is 7.98. The molecule has 13 heavy (non-hydrogen) atoms. The minimum atomic E-state index is 0.651. The molecule has 2 nitrogen and oxygen atoms in total. The van der Waals surface area contributed by atoms with E-state index in [1.54, 1.807) is 0 Å². The molecule has 0 aromatic carbocycles. The molecule has 2 saturated carbocycles. The SMILES string of the molecule is N=C(C1CC1)N1CCC(C2CC2)C1. The Balaban J connectivity index is 1.57. The van der Waals surface area contributed by atoms with E-state index in [2.05, 4.69) is 4.90 Å². The van der Waals surface area contributed by atoms with Crippen LogP contribution >= 0.6 is 0 Å². The highest BCUT2D eigenvalue weighted by atomic mass is 15.2. The topological polar surface area (TPSA) is 27.1 Å². The zero-order chi connectivity index (χ0) is 8.84. The summed E-state index contributed by atoms with van der Waals surface area (Å²) < 4.78 is 0. The second kappa shape index (κ2) is 2.73. The Morgan fingerprint density at radius 1 is 1.00 bits per heavy atom. The van der Waals surface area contributed by atoms with E-state index in [1.165, 1.54) is 45.2 Å². The first-order valence-corrected chi connectivity index (χ1v) is 5.68. The fourth-order valence-corrected chi connectivity index (χ4v) is 2.57. The Morgan fingerprint density at radius 2 is 1.77 bits per heavy atom. The lowest BCUT2D eigenvalue weighted by atomic mass is 10.0. The van der Waals surface area contributed by atoms with Crippen LogP contribution in [0.2, 0.25) is 0 Å². The number of hydrogen-bond acceptors (Lipinski definition) is 1. The Kier molecular flexibility index (Phi) is 1.64. The first kappa shape index (κ1) is 7.84. The zero-order valence-electron chi connectivity index (χ0n) is 8.13. The van der Waals surface area contributed by atoms with Crippen molar-refractivity contribution < 1.29 is 0 Å². The lowest BCUT2D eigenvalue weighted by Crippen LogP contribution is -2.29. The molecule has 0 amide bonds. The summed E-state index contributed by atoms with van der Waals surface area (Å²) in [5.41, 5.74) is 0. The van der Waals surface area contributed by atoms with Gasteiger partial charge in [0, 0.05) is 19.0 Å². The van der Waals surface area contributed by atoms with Gasteiger partial charge in [-0.25, -0.2) is 0 Å². The number of hydrogen-bond donors (Lipinski definition) is 1. The molecule has 0 radical (unpaired) electrons. The Morgan fingerprint density at radius 3 is 2.38 bits per heavy atom. The van der Waals surface area contributed by atoms with E-state index in [0.29, 0.717) is 5.92 Å². The number of rotatable bonds is 2. The molecule has 0 aromatic heterocycles. The van der Waals surface area contributed by atoms with Crippen LogP contribution in [0, 0.1) is 23.2 Å². The highest BCUT2D eigenvalue weighted by Crippen LogP contribution is 2.42. The maximum absolute atomic E-state index is 7.98. The summed E-state index contributed by atoms with van der Waals surface area (Å²) >= 11 is 0. The molecule has 1 atom stereocenters. The maximum Gasteiger partial charge on any atom is 0.0989 e. The van der Waals surface area contributed by atoms with E-state index >= 15 is 0 Å². The molecule has 0 aromatic rings. The third-order valence-corrected chi connectivity index (χ3v) is 3.82. The average molecular weight is 178 g/mol. The zero-order valence-corrected chi connectivity index (χ0v) is 8.13. The van der Waals surface area contributed by atoms with Gasteiger partial charge in [0.05, 0.1) is 5.84 Å². The highest BCUT2D eigenvalue weighted by molar-refractivity contribution is 5.84. The summed E-state index contributed by atoms with van der Waals surface area (Å²) in [6, 6.07) is 0. The number of nitrogens with zero attached hydrogens (tertiary/aromatic N) is 1. The predicted octanol–water partition coefficient (Wildman–Crippen LogP) is 2.11. The van der Waals surface area contributed by atoms with Crippen LogP contribution in [-0.2, 0) is 0 Å². The fourth-order valence-electron chi connectivity index (χ4n) is 2.57. The average Bonchev–Trinajstić information content (AvgIpc) is 3.02. The van der Waals surface area contributed by atoms with Gasteiger partial charge in [-0.2, -0.15) is 0 Å². The van der Waals surface area contributed by atoms with E-state index in [0.717, 1.165) is 17.7 Å². The molecule has 1 N–H and O–H groups in total. The Bertz CT molecular complexity index is 228. The quantitative estimate of drug-likeness (QED) is 0.509. The molecule has 1 unspecified atom stereocenters. The summed E-state index contributed by atoms with van der Waals surface area (Å²) in [7, 11) is 0. The van der Waals surface area contributed by atoms with Crippen molar-refractivity contribution in [2.45, 2.75) is 32.1 Å². The lowest BCUT2D eigenvalue weighted by Gasteiger charge is -2.18. The third-order valence-electron chi connectivity index (χ3n) is 3.82. The van der Waals surface area contributed by atoms with Crippen molar-refractivity contribution in [1.29, 1.82) is 5.41 Å². The van der Waals surface area contributed by atoms with Crippen molar-refractivity contribution >= 4 is 5.84 Å². The number of likely N-dealkylation sites (tertiary alicyclic amines) is 1. The van der Waals surface area contributed by atoms with Crippen molar-refractivity contribution in [2.24, 2.45) is 17.8 Å². The Labute approximate surface area is 79.8 Å². The van der Waals surface area contributed by atoms with Crippen LogP contribution < -0.4 is 0 Å². The molecule has 0 spiro atoms. The van der Waals surface area contributed by atoms with E-state index < -0.39 is 0 Å². The molecule has 72 valence electrons. The van der Waals surface area contributed by atoms with Crippen LogP contribution in [0.3, 0.4) is 0 Å². The molecule has 0 bridgehead atoms. The van der Waals surface area contributed by atoms with Crippen LogP contribution in [-0.4, -0.2) is 23.8 Å². The number of amidine groups is 1. The lowest BCUT2D eigenvalue weighted by molar-refractivity contribution is 0.438. The van der Waals surface area contributed by atoms with Gasteiger partial charge < -0.3 is 4.90 Å². The van der Waals surface area contributed by atoms with Crippen LogP contribution in [0.1, 0.15) is 32.1 Å². The molecular weight excluding hydrogens is 160 g/mol. The van der Waals surface area contributed by atoms with Gasteiger partial charge in [0.1, 0.15) is 0 Å². The van der Waals surface area contributed by atoms with Crippen LogP contribution in [0.4, 0.5) is 0 Å². The number of nitrogens with one attached hydrogen (secondary N) is 1. The summed E-state index contributed by atoms with van der Waals surface area (Å²) in [5.74, 6) is 3.59.